The number of amides is 2. The van der Waals surface area contributed by atoms with Gasteiger partial charge in [0.25, 0.3) is 0 Å². The lowest BCUT2D eigenvalue weighted by atomic mass is 10.2. The van der Waals surface area contributed by atoms with E-state index in [1.54, 1.807) is 0 Å². The number of carbonyl (C=O) groups excluding carboxylic acids is 1. The average molecular weight is 410 g/mol. The van der Waals surface area contributed by atoms with E-state index in [1.165, 1.54) is 0 Å². The molecule has 29 heavy (non-hydrogen) atoms. The van der Waals surface area contributed by atoms with Crippen LogP contribution < -0.4 is 5.32 Å². The molecule has 4 nitrogen and oxygen atoms in total. The van der Waals surface area contributed by atoms with Gasteiger partial charge in [-0.05, 0) is 41.3 Å². The van der Waals surface area contributed by atoms with E-state index in [1.807, 2.05) is 65.7 Å². The van der Waals surface area contributed by atoms with Crippen molar-refractivity contribution in [3.63, 3.8) is 0 Å². The van der Waals surface area contributed by atoms with E-state index in [0.29, 0.717) is 25.6 Å². The first kappa shape index (κ1) is 21.0. The second-order valence-corrected chi connectivity index (χ2v) is 8.11. The van der Waals surface area contributed by atoms with E-state index in [2.05, 4.69) is 35.9 Å². The Balaban J connectivity index is 1.68. The summed E-state index contributed by atoms with van der Waals surface area (Å²) in [5.41, 5.74) is 3.33. The predicted octanol–water partition coefficient (Wildman–Crippen LogP) is 5.56. The SMILES string of the molecule is CC(C)CN(Cc1cccn1Cc1cccc(Cl)c1)C(=O)NCc1ccccc1. The number of hydrogen-bond donors (Lipinski definition) is 1. The van der Waals surface area contributed by atoms with Gasteiger partial charge in [-0.25, -0.2) is 4.79 Å². The van der Waals surface area contributed by atoms with Crippen molar-refractivity contribution >= 4 is 17.6 Å². The first-order valence-corrected chi connectivity index (χ1v) is 10.3. The Labute approximate surface area is 178 Å². The predicted molar refractivity (Wildman–Crippen MR) is 119 cm³/mol. The number of nitrogens with one attached hydrogen (secondary N) is 1. The van der Waals surface area contributed by atoms with Gasteiger partial charge in [0.05, 0.1) is 6.54 Å². The molecule has 0 spiro atoms. The standard InChI is InChI=1S/C24H28ClN3O/c1-19(2)16-28(24(29)26-15-20-8-4-3-5-9-20)18-23-12-7-13-27(23)17-21-10-6-11-22(25)14-21/h3-14,19H,15-18H2,1-2H3,(H,26,29). The fourth-order valence-corrected chi connectivity index (χ4v) is 3.53. The summed E-state index contributed by atoms with van der Waals surface area (Å²) in [5, 5.41) is 3.79. The van der Waals surface area contributed by atoms with Crippen LogP contribution in [0.2, 0.25) is 5.02 Å². The van der Waals surface area contributed by atoms with E-state index in [-0.39, 0.29) is 6.03 Å². The Morgan fingerprint density at radius 1 is 1.03 bits per heavy atom. The normalized spacial score (nSPS) is 10.9. The van der Waals surface area contributed by atoms with Gasteiger partial charge in [0.2, 0.25) is 0 Å². The third kappa shape index (κ3) is 6.40. The molecule has 3 aromatic rings. The Morgan fingerprint density at radius 2 is 1.79 bits per heavy atom. The van der Waals surface area contributed by atoms with Gasteiger partial charge in [0.1, 0.15) is 0 Å². The smallest absolute Gasteiger partial charge is 0.318 e. The molecule has 0 fully saturated rings. The minimum absolute atomic E-state index is 0.0435. The molecule has 1 aromatic heterocycles. The molecular weight excluding hydrogens is 382 g/mol. The van der Waals surface area contributed by atoms with E-state index in [4.69, 9.17) is 11.6 Å². The van der Waals surface area contributed by atoms with Crippen LogP contribution in [0, 0.1) is 5.92 Å². The van der Waals surface area contributed by atoms with Crippen LogP contribution in [0.1, 0.15) is 30.7 Å². The minimum Gasteiger partial charge on any atom is -0.345 e. The molecule has 0 aliphatic carbocycles. The molecule has 0 saturated carbocycles. The molecule has 2 amide bonds. The van der Waals surface area contributed by atoms with Crippen LogP contribution in [0.5, 0.6) is 0 Å². The highest BCUT2D eigenvalue weighted by Crippen LogP contribution is 2.15. The van der Waals surface area contributed by atoms with Crippen molar-refractivity contribution in [3.8, 4) is 0 Å². The number of urea groups is 1. The highest BCUT2D eigenvalue weighted by molar-refractivity contribution is 6.30. The molecule has 0 aliphatic heterocycles. The van der Waals surface area contributed by atoms with Gasteiger partial charge in [-0.2, -0.15) is 0 Å². The van der Waals surface area contributed by atoms with Crippen molar-refractivity contribution in [1.82, 2.24) is 14.8 Å². The number of aromatic nitrogens is 1. The first-order valence-electron chi connectivity index (χ1n) is 9.96. The molecule has 0 atom stereocenters. The van der Waals surface area contributed by atoms with Crippen LogP contribution in [0.3, 0.4) is 0 Å². The zero-order chi connectivity index (χ0) is 20.6. The fraction of sp³-hybridized carbons (Fsp3) is 0.292. The van der Waals surface area contributed by atoms with E-state index in [0.717, 1.165) is 28.4 Å². The second kappa shape index (κ2) is 10.2. The Hall–Kier alpha value is -2.72. The number of carbonyl (C=O) groups is 1. The number of benzene rings is 2. The van der Waals surface area contributed by atoms with Crippen LogP contribution >= 0.6 is 11.6 Å². The molecule has 1 N–H and O–H groups in total. The summed E-state index contributed by atoms with van der Waals surface area (Å²) in [5.74, 6) is 0.383. The van der Waals surface area contributed by atoms with Gasteiger partial charge in [0, 0.05) is 36.5 Å². The van der Waals surface area contributed by atoms with Gasteiger partial charge in [-0.15, -0.1) is 0 Å². The van der Waals surface area contributed by atoms with Crippen molar-refractivity contribution in [2.75, 3.05) is 6.54 Å². The van der Waals surface area contributed by atoms with Gasteiger partial charge < -0.3 is 14.8 Å². The van der Waals surface area contributed by atoms with Crippen molar-refractivity contribution in [2.45, 2.75) is 33.5 Å². The maximum Gasteiger partial charge on any atom is 0.318 e. The topological polar surface area (TPSA) is 37.3 Å². The van der Waals surface area contributed by atoms with Crippen molar-refractivity contribution in [1.29, 1.82) is 0 Å². The highest BCUT2D eigenvalue weighted by atomic mass is 35.5. The van der Waals surface area contributed by atoms with Crippen LogP contribution in [0.15, 0.2) is 72.9 Å². The van der Waals surface area contributed by atoms with E-state index in [9.17, 15) is 4.79 Å². The molecular formula is C24H28ClN3O. The van der Waals surface area contributed by atoms with E-state index < -0.39 is 0 Å². The monoisotopic (exact) mass is 409 g/mol. The summed E-state index contributed by atoms with van der Waals surface area (Å²) in [4.78, 5) is 14.8. The lowest BCUT2D eigenvalue weighted by Gasteiger charge is -2.26. The molecule has 5 heteroatoms. The van der Waals surface area contributed by atoms with Crippen molar-refractivity contribution in [3.05, 3.63) is 94.8 Å². The number of halogens is 1. The average Bonchev–Trinajstić information content (AvgIpc) is 3.12. The Bertz CT molecular complexity index is 921. The molecule has 2 aromatic carbocycles. The number of hydrogen-bond acceptors (Lipinski definition) is 1. The lowest BCUT2D eigenvalue weighted by Crippen LogP contribution is -2.41. The highest BCUT2D eigenvalue weighted by Gasteiger charge is 2.17. The summed E-state index contributed by atoms with van der Waals surface area (Å²) in [7, 11) is 0. The Kier molecular flexibility index (Phi) is 7.36. The van der Waals surface area contributed by atoms with Crippen molar-refractivity contribution in [2.24, 2.45) is 5.92 Å². The summed E-state index contributed by atoms with van der Waals surface area (Å²) in [6.45, 7) is 6.77. The zero-order valence-corrected chi connectivity index (χ0v) is 17.8. The van der Waals surface area contributed by atoms with Gasteiger partial charge in [0.15, 0.2) is 0 Å². The molecule has 1 heterocycles. The molecule has 3 rings (SSSR count). The third-order valence-corrected chi connectivity index (χ3v) is 4.91. The lowest BCUT2D eigenvalue weighted by molar-refractivity contribution is 0.186. The molecule has 152 valence electrons. The minimum atomic E-state index is -0.0435. The largest absolute Gasteiger partial charge is 0.345 e. The maximum absolute atomic E-state index is 12.9. The molecule has 0 radical (unpaired) electrons. The van der Waals surface area contributed by atoms with Crippen LogP contribution in [0.4, 0.5) is 4.79 Å². The van der Waals surface area contributed by atoms with Crippen LogP contribution in [-0.4, -0.2) is 22.0 Å². The zero-order valence-electron chi connectivity index (χ0n) is 17.0. The molecule has 0 aliphatic rings. The quantitative estimate of drug-likeness (QED) is 0.519. The van der Waals surface area contributed by atoms with Gasteiger partial charge >= 0.3 is 6.03 Å². The second-order valence-electron chi connectivity index (χ2n) is 7.68. The van der Waals surface area contributed by atoms with Crippen LogP contribution in [0.25, 0.3) is 0 Å². The summed E-state index contributed by atoms with van der Waals surface area (Å²) in [6.07, 6.45) is 2.05. The number of nitrogens with zero attached hydrogens (tertiary/aromatic N) is 2. The fourth-order valence-electron chi connectivity index (χ4n) is 3.32. The Morgan fingerprint density at radius 3 is 2.52 bits per heavy atom. The number of rotatable bonds is 8. The molecule has 0 saturated heterocycles. The molecule has 0 unspecified atom stereocenters. The van der Waals surface area contributed by atoms with Crippen molar-refractivity contribution < 1.29 is 4.79 Å². The third-order valence-electron chi connectivity index (χ3n) is 4.68. The summed E-state index contributed by atoms with van der Waals surface area (Å²) < 4.78 is 2.17. The maximum atomic E-state index is 12.9. The van der Waals surface area contributed by atoms with Crippen LogP contribution in [-0.2, 0) is 19.6 Å². The van der Waals surface area contributed by atoms with Gasteiger partial charge in [-0.1, -0.05) is 67.9 Å². The summed E-state index contributed by atoms with van der Waals surface area (Å²) in [6, 6.07) is 21.9. The van der Waals surface area contributed by atoms with E-state index >= 15 is 0 Å². The first-order chi connectivity index (χ1) is 14.0. The van der Waals surface area contributed by atoms with Gasteiger partial charge in [-0.3, -0.25) is 0 Å². The molecule has 0 bridgehead atoms. The summed E-state index contributed by atoms with van der Waals surface area (Å²) >= 11 is 6.12.